The van der Waals surface area contributed by atoms with Crippen LogP contribution in [0.25, 0.3) is 5.53 Å². The minimum Gasteiger partial charge on any atom is -0.712 e. The van der Waals surface area contributed by atoms with Crippen LogP contribution in [0.2, 0.25) is 0 Å². The normalized spacial score (nSPS) is 4.00. The Morgan fingerprint density at radius 2 is 1.62 bits per heavy atom. The summed E-state index contributed by atoms with van der Waals surface area (Å²) in [4.78, 5) is 0. The van der Waals surface area contributed by atoms with Crippen molar-refractivity contribution in [3.05, 3.63) is 24.7 Å². The van der Waals surface area contributed by atoms with E-state index in [2.05, 4.69) is 18.6 Å². The van der Waals surface area contributed by atoms with Crippen LogP contribution in [0, 0.1) is 13.5 Å². The molecule has 0 bridgehead atoms. The minimum absolute atomic E-state index is 0. The van der Waals surface area contributed by atoms with Crippen molar-refractivity contribution in [3.63, 3.8) is 0 Å². The Kier molecular flexibility index (Phi) is 45.2. The van der Waals surface area contributed by atoms with Gasteiger partial charge in [-0.15, -0.1) is 0 Å². The molecule has 0 saturated heterocycles. The Morgan fingerprint density at radius 1 is 1.50 bits per heavy atom. The van der Waals surface area contributed by atoms with Crippen molar-refractivity contribution in [2.45, 2.75) is 0 Å². The molecule has 0 spiro atoms. The molecular formula is C3H3N2V3-. The van der Waals surface area contributed by atoms with E-state index >= 15 is 0 Å². The summed E-state index contributed by atoms with van der Waals surface area (Å²) < 4.78 is 0. The summed E-state index contributed by atoms with van der Waals surface area (Å²) in [6.45, 7) is 7.72. The van der Waals surface area contributed by atoms with Crippen molar-refractivity contribution in [3.8, 4) is 0 Å². The summed E-state index contributed by atoms with van der Waals surface area (Å²) in [6, 6.07) is 0. The Morgan fingerprint density at radius 3 is 1.62 bits per heavy atom. The molecule has 0 atom stereocenters. The van der Waals surface area contributed by atoms with E-state index in [-0.39, 0.29) is 61.4 Å². The first kappa shape index (κ1) is 23.1. The van der Waals surface area contributed by atoms with Gasteiger partial charge in [0.15, 0.2) is 0 Å². The maximum Gasteiger partial charge on any atom is 2.00 e. The van der Waals surface area contributed by atoms with Crippen LogP contribution >= 0.6 is 0 Å². The van der Waals surface area contributed by atoms with Crippen molar-refractivity contribution in [1.29, 1.82) is 0 Å². The molecule has 0 aromatic carbocycles. The molecule has 0 N–H and O–H groups in total. The molecule has 0 unspecified atom stereocenters. The topological polar surface area (TPSA) is 34.7 Å². The second kappa shape index (κ2) is 15.7. The molecule has 41 valence electrons. The van der Waals surface area contributed by atoms with Gasteiger partial charge in [0, 0.05) is 37.1 Å². The van der Waals surface area contributed by atoms with Crippen LogP contribution in [0.1, 0.15) is 0 Å². The molecule has 0 aromatic heterocycles. The van der Waals surface area contributed by atoms with E-state index in [1.165, 1.54) is 0 Å². The largest absolute Gasteiger partial charge is 2.00 e. The van der Waals surface area contributed by atoms with Gasteiger partial charge in [-0.05, 0) is 0 Å². The standard InChI is InChI=1S/C3H3N2.3V/c1-3(2)5-4;;;/h1H,2H2;;;/q-3;;;+2. The van der Waals surface area contributed by atoms with Gasteiger partial charge in [-0.3, -0.25) is 0 Å². The summed E-state index contributed by atoms with van der Waals surface area (Å²) in [5.41, 5.74) is 7.48. The van der Waals surface area contributed by atoms with Gasteiger partial charge in [-0.25, -0.2) is 0 Å². The Hall–Kier alpha value is 0.963. The molecule has 5 heteroatoms. The fraction of sp³-hybridized carbons (Fsp3) is 0. The number of rotatable bonds is 1. The molecular weight excluding hydrogens is 217 g/mol. The fourth-order valence-corrected chi connectivity index (χ4v) is 0. The third-order valence-electron chi connectivity index (χ3n) is 0.128. The monoisotopic (exact) mass is 220 g/mol. The number of allylic oxidation sites excluding steroid dienone is 1. The van der Waals surface area contributed by atoms with Gasteiger partial charge in [0.05, 0.1) is 0 Å². The minimum atomic E-state index is -0.0648. The van der Waals surface area contributed by atoms with E-state index in [1.807, 2.05) is 0 Å². The molecule has 0 rings (SSSR count). The van der Waals surface area contributed by atoms with Gasteiger partial charge in [-0.1, -0.05) is 0 Å². The number of hydrogen-bond acceptors (Lipinski definition) is 1. The molecule has 0 aliphatic heterocycles. The smallest absolute Gasteiger partial charge is 0.712 e. The Labute approximate surface area is 85.0 Å². The quantitative estimate of drug-likeness (QED) is 0.469. The molecule has 8 heavy (non-hydrogen) atoms. The third-order valence-corrected chi connectivity index (χ3v) is 0.128. The van der Waals surface area contributed by atoms with Crippen LogP contribution in [0.5, 0.6) is 0 Å². The van der Waals surface area contributed by atoms with Crippen LogP contribution in [0.15, 0.2) is 10.8 Å². The van der Waals surface area contributed by atoms with E-state index in [9.17, 15) is 0 Å². The average molecular weight is 220 g/mol. The van der Waals surface area contributed by atoms with Crippen LogP contribution < -0.4 is 0 Å². The van der Waals surface area contributed by atoms with Gasteiger partial charge in [-0.2, -0.15) is 0 Å². The van der Waals surface area contributed by atoms with E-state index < -0.39 is 0 Å². The molecule has 0 aliphatic carbocycles. The second-order valence-electron chi connectivity index (χ2n) is 0.591. The van der Waals surface area contributed by atoms with Crippen LogP contribution in [0.3, 0.4) is 0 Å². The van der Waals surface area contributed by atoms with Gasteiger partial charge < -0.3 is 29.8 Å². The van der Waals surface area contributed by atoms with Crippen LogP contribution in [-0.2, 0) is 55.7 Å². The first-order valence-corrected chi connectivity index (χ1v) is 1.07. The predicted molar refractivity (Wildman–Crippen MR) is 19.0 cm³/mol. The van der Waals surface area contributed by atoms with Gasteiger partial charge >= 0.3 is 18.6 Å². The van der Waals surface area contributed by atoms with Crippen molar-refractivity contribution in [1.82, 2.24) is 0 Å². The summed E-state index contributed by atoms with van der Waals surface area (Å²) >= 11 is 0. The van der Waals surface area contributed by atoms with Crippen molar-refractivity contribution in [2.75, 3.05) is 0 Å². The molecule has 2 nitrogen and oxygen atoms in total. The Balaban J connectivity index is -0.0000000267. The molecule has 0 fully saturated rings. The SMILES string of the molecule is [CH-]=C([CH2-])N=[N-].[V+2].[V].[V]. The first-order valence-electron chi connectivity index (χ1n) is 1.07. The third kappa shape index (κ3) is 28.2. The van der Waals surface area contributed by atoms with Gasteiger partial charge in [0.2, 0.25) is 0 Å². The predicted octanol–water partition coefficient (Wildman–Crippen LogP) is 1.15. The first-order chi connectivity index (χ1) is 2.27. The summed E-state index contributed by atoms with van der Waals surface area (Å²) in [7, 11) is 0. The average Bonchev–Trinajstić information content (AvgIpc) is 1.38. The molecule has 0 saturated carbocycles. The van der Waals surface area contributed by atoms with Crippen molar-refractivity contribution >= 4 is 0 Å². The van der Waals surface area contributed by atoms with Gasteiger partial charge in [0.25, 0.3) is 0 Å². The van der Waals surface area contributed by atoms with E-state index in [1.54, 1.807) is 0 Å². The van der Waals surface area contributed by atoms with Crippen LogP contribution in [-0.4, -0.2) is 0 Å². The Bertz CT molecular complexity index is 63.5. The maximum absolute atomic E-state index is 7.54. The second-order valence-corrected chi connectivity index (χ2v) is 0.591. The molecule has 0 amide bonds. The number of hydrogen-bond donors (Lipinski definition) is 0. The number of nitrogens with zero attached hydrogens (tertiary/aromatic N) is 2. The van der Waals surface area contributed by atoms with E-state index in [0.717, 1.165) is 0 Å². The van der Waals surface area contributed by atoms with Crippen molar-refractivity contribution in [2.24, 2.45) is 5.11 Å². The summed E-state index contributed by atoms with van der Waals surface area (Å²) in [5.74, 6) is 0. The molecule has 0 aromatic rings. The molecule has 3 radical (unpaired) electrons. The zero-order chi connectivity index (χ0) is 4.28. The van der Waals surface area contributed by atoms with Crippen molar-refractivity contribution < 1.29 is 55.7 Å². The summed E-state index contributed by atoms with van der Waals surface area (Å²) in [6.07, 6.45) is 0. The summed E-state index contributed by atoms with van der Waals surface area (Å²) in [5, 5.41) is 2.47. The maximum atomic E-state index is 7.54. The van der Waals surface area contributed by atoms with Crippen LogP contribution in [0.4, 0.5) is 0 Å². The molecule has 0 aliphatic rings. The van der Waals surface area contributed by atoms with Gasteiger partial charge in [0.1, 0.15) is 0 Å². The van der Waals surface area contributed by atoms with E-state index in [0.29, 0.717) is 0 Å². The zero-order valence-electron chi connectivity index (χ0n) is 4.02. The van der Waals surface area contributed by atoms with E-state index in [4.69, 9.17) is 5.53 Å². The zero-order valence-corrected chi connectivity index (χ0v) is 8.21. The fourth-order valence-electron chi connectivity index (χ4n) is 0. The molecule has 0 heterocycles.